The molecule has 0 atom stereocenters. The summed E-state index contributed by atoms with van der Waals surface area (Å²) >= 11 is 0. The van der Waals surface area contributed by atoms with Crippen LogP contribution in [0.25, 0.3) is 61.2 Å². The minimum atomic E-state index is 0.994. The quantitative estimate of drug-likeness (QED) is 0.226. The van der Waals surface area contributed by atoms with Gasteiger partial charge in [-0.1, -0.05) is 85.5 Å². The number of benzene rings is 4. The number of allylic oxidation sites excluding steroid dienone is 6. The second-order valence-electron chi connectivity index (χ2n) is 10.4. The molecule has 0 unspecified atom stereocenters. The summed E-state index contributed by atoms with van der Waals surface area (Å²) in [5.41, 5.74) is 12.1. The summed E-state index contributed by atoms with van der Waals surface area (Å²) in [4.78, 5) is 3.57. The Kier molecular flexibility index (Phi) is 5.67. The number of para-hydroxylation sites is 2. The van der Waals surface area contributed by atoms with Gasteiger partial charge in [0.1, 0.15) is 0 Å². The van der Waals surface area contributed by atoms with E-state index >= 15 is 0 Å². The highest BCUT2D eigenvalue weighted by atomic mass is 15.0. The van der Waals surface area contributed by atoms with E-state index in [4.69, 9.17) is 0 Å². The molecular weight excluding hydrogens is 472 g/mol. The maximum atomic E-state index is 4.38. The lowest BCUT2D eigenvalue weighted by molar-refractivity contribution is 0.992. The van der Waals surface area contributed by atoms with Gasteiger partial charge in [0.25, 0.3) is 0 Å². The van der Waals surface area contributed by atoms with Gasteiger partial charge in [-0.3, -0.25) is 0 Å². The first-order valence-corrected chi connectivity index (χ1v) is 13.6. The predicted octanol–water partition coefficient (Wildman–Crippen LogP) is 10.0. The molecule has 188 valence electrons. The molecule has 0 fully saturated rings. The Bertz CT molecular complexity index is 1930. The van der Waals surface area contributed by atoms with Gasteiger partial charge in [0.2, 0.25) is 0 Å². The lowest BCUT2D eigenvalue weighted by Gasteiger charge is -2.08. The molecule has 0 radical (unpaired) electrons. The van der Waals surface area contributed by atoms with Crippen molar-refractivity contribution in [1.82, 2.24) is 9.55 Å². The minimum Gasteiger partial charge on any atom is -0.355 e. The number of aromatic amines is 1. The van der Waals surface area contributed by atoms with Gasteiger partial charge in [-0.25, -0.2) is 0 Å². The highest BCUT2D eigenvalue weighted by Crippen LogP contribution is 2.33. The van der Waals surface area contributed by atoms with Gasteiger partial charge in [-0.05, 0) is 90.1 Å². The summed E-state index contributed by atoms with van der Waals surface area (Å²) in [7, 11) is 0. The van der Waals surface area contributed by atoms with Gasteiger partial charge in [0.15, 0.2) is 0 Å². The number of nitrogens with one attached hydrogen (secondary N) is 1. The topological polar surface area (TPSA) is 20.7 Å². The lowest BCUT2D eigenvalue weighted by atomic mass is 9.96. The fourth-order valence-corrected chi connectivity index (χ4v) is 5.96. The number of rotatable bonds is 5. The number of aromatic nitrogens is 2. The number of hydrogen-bond donors (Lipinski definition) is 1. The minimum absolute atomic E-state index is 0.994. The van der Waals surface area contributed by atoms with E-state index in [1.54, 1.807) is 0 Å². The van der Waals surface area contributed by atoms with Crippen molar-refractivity contribution in [3.05, 3.63) is 139 Å². The van der Waals surface area contributed by atoms with Gasteiger partial charge in [0.05, 0.1) is 11.0 Å². The molecule has 1 N–H and O–H groups in total. The van der Waals surface area contributed by atoms with Crippen LogP contribution in [0.2, 0.25) is 0 Å². The van der Waals surface area contributed by atoms with Gasteiger partial charge < -0.3 is 9.55 Å². The molecule has 4 aromatic carbocycles. The van der Waals surface area contributed by atoms with E-state index in [-0.39, 0.29) is 0 Å². The number of hydrogen-bond acceptors (Lipinski definition) is 0. The average molecular weight is 503 g/mol. The monoisotopic (exact) mass is 502 g/mol. The van der Waals surface area contributed by atoms with E-state index in [9.17, 15) is 0 Å². The van der Waals surface area contributed by atoms with E-state index in [0.29, 0.717) is 0 Å². The third kappa shape index (κ3) is 4.06. The second kappa shape index (κ2) is 9.49. The van der Waals surface area contributed by atoms with Crippen molar-refractivity contribution in [2.45, 2.75) is 19.8 Å². The van der Waals surface area contributed by atoms with Crippen molar-refractivity contribution in [2.75, 3.05) is 0 Å². The van der Waals surface area contributed by atoms with Crippen LogP contribution in [-0.4, -0.2) is 9.55 Å². The average Bonchev–Trinajstić information content (AvgIpc) is 3.52. The standard InChI is InChI=1S/C37H30N2/c1-25(11-9-12-26(2)39-36-19-7-4-16-31(36)32-17-5-8-20-37(32)39)27-13-10-14-28(23-27)29-21-22-35-33(24-29)30-15-3-6-18-34(30)38-35/h4-14,16-24,38H,1,3,15H2,2H3/b11-9-,26-12+. The fraction of sp³-hybridized carbons (Fsp3) is 0.0811. The molecule has 2 heteroatoms. The van der Waals surface area contributed by atoms with Crippen molar-refractivity contribution in [3.8, 4) is 11.1 Å². The van der Waals surface area contributed by atoms with Gasteiger partial charge in [-0.15, -0.1) is 0 Å². The van der Waals surface area contributed by atoms with Crippen LogP contribution < -0.4 is 0 Å². The zero-order valence-electron chi connectivity index (χ0n) is 22.1. The third-order valence-electron chi connectivity index (χ3n) is 7.92. The first kappa shape index (κ1) is 23.3. The van der Waals surface area contributed by atoms with Gasteiger partial charge >= 0.3 is 0 Å². The molecule has 2 heterocycles. The molecule has 0 saturated heterocycles. The number of H-pyrrole nitrogens is 1. The molecule has 39 heavy (non-hydrogen) atoms. The predicted molar refractivity (Wildman–Crippen MR) is 169 cm³/mol. The lowest BCUT2D eigenvalue weighted by Crippen LogP contribution is -1.92. The molecule has 6 aromatic rings. The van der Waals surface area contributed by atoms with Crippen molar-refractivity contribution in [1.29, 1.82) is 0 Å². The number of aryl methyl sites for hydroxylation is 1. The molecule has 0 aliphatic heterocycles. The summed E-state index contributed by atoms with van der Waals surface area (Å²) in [5, 5.41) is 3.89. The summed E-state index contributed by atoms with van der Waals surface area (Å²) in [6, 6.07) is 32.7. The maximum absolute atomic E-state index is 4.38. The molecule has 0 saturated carbocycles. The first-order valence-electron chi connectivity index (χ1n) is 13.6. The fourth-order valence-electron chi connectivity index (χ4n) is 5.96. The van der Waals surface area contributed by atoms with Crippen LogP contribution in [0.3, 0.4) is 0 Å². The zero-order valence-corrected chi connectivity index (χ0v) is 22.1. The van der Waals surface area contributed by atoms with Crippen molar-refractivity contribution in [3.63, 3.8) is 0 Å². The molecule has 1 aliphatic rings. The summed E-state index contributed by atoms with van der Waals surface area (Å²) in [6.45, 7) is 6.55. The number of nitrogens with zero attached hydrogens (tertiary/aromatic N) is 1. The zero-order chi connectivity index (χ0) is 26.3. The van der Waals surface area contributed by atoms with Gasteiger partial charge in [-0.2, -0.15) is 0 Å². The Labute approximate surface area is 228 Å². The molecule has 2 aromatic heterocycles. The van der Waals surface area contributed by atoms with Crippen molar-refractivity contribution >= 4 is 50.1 Å². The van der Waals surface area contributed by atoms with Crippen molar-refractivity contribution < 1.29 is 0 Å². The SMILES string of the molecule is C=C(/C=C\C=C(/C)n1c2ccccc2c2ccccc21)c1cccc(-c2ccc3[nH]c4c(c3c2)CCC=C4)c1. The Morgan fingerprint density at radius 2 is 1.56 bits per heavy atom. The van der Waals surface area contributed by atoms with E-state index < -0.39 is 0 Å². The van der Waals surface area contributed by atoms with Crippen LogP contribution >= 0.6 is 0 Å². The summed E-state index contributed by atoms with van der Waals surface area (Å²) < 4.78 is 2.34. The Morgan fingerprint density at radius 3 is 2.36 bits per heavy atom. The normalized spacial score (nSPS) is 13.6. The smallest absolute Gasteiger partial charge is 0.0537 e. The van der Waals surface area contributed by atoms with Crippen LogP contribution in [0.1, 0.15) is 30.2 Å². The highest BCUT2D eigenvalue weighted by Gasteiger charge is 2.13. The van der Waals surface area contributed by atoms with E-state index in [1.165, 1.54) is 60.8 Å². The van der Waals surface area contributed by atoms with E-state index in [0.717, 1.165) is 24.0 Å². The van der Waals surface area contributed by atoms with E-state index in [1.807, 2.05) is 0 Å². The molecule has 7 rings (SSSR count). The molecule has 1 aliphatic carbocycles. The Balaban J connectivity index is 1.18. The first-order chi connectivity index (χ1) is 19.2. The van der Waals surface area contributed by atoms with Crippen LogP contribution in [0.15, 0.2) is 122 Å². The molecule has 2 nitrogen and oxygen atoms in total. The van der Waals surface area contributed by atoms with Crippen LogP contribution in [0.5, 0.6) is 0 Å². The van der Waals surface area contributed by atoms with Crippen molar-refractivity contribution in [2.24, 2.45) is 0 Å². The maximum Gasteiger partial charge on any atom is 0.0537 e. The highest BCUT2D eigenvalue weighted by molar-refractivity contribution is 6.10. The van der Waals surface area contributed by atoms with Gasteiger partial charge in [0, 0.05) is 33.1 Å². The largest absolute Gasteiger partial charge is 0.355 e. The third-order valence-corrected chi connectivity index (χ3v) is 7.92. The Morgan fingerprint density at radius 1 is 0.821 bits per heavy atom. The number of fused-ring (bicyclic) bond motifs is 6. The van der Waals surface area contributed by atoms with Crippen LogP contribution in [-0.2, 0) is 6.42 Å². The second-order valence-corrected chi connectivity index (χ2v) is 10.4. The summed E-state index contributed by atoms with van der Waals surface area (Å²) in [5.74, 6) is 0. The molecule has 0 spiro atoms. The molecule has 0 amide bonds. The van der Waals surface area contributed by atoms with Crippen LogP contribution in [0, 0.1) is 0 Å². The molecular formula is C37H30N2. The Hall–Kier alpha value is -4.82. The summed E-state index contributed by atoms with van der Waals surface area (Å²) in [6.07, 6.45) is 13.1. The molecule has 0 bridgehead atoms. The van der Waals surface area contributed by atoms with E-state index in [2.05, 4.69) is 144 Å². The van der Waals surface area contributed by atoms with Crippen LogP contribution in [0.4, 0.5) is 0 Å².